The Morgan fingerprint density at radius 3 is 1.93 bits per heavy atom. The zero-order valence-corrected chi connectivity index (χ0v) is 11.4. The summed E-state index contributed by atoms with van der Waals surface area (Å²) in [6.07, 6.45) is 3.80. The minimum absolute atomic E-state index is 0.400. The number of nitrogens with two attached hydrogens (primary N) is 1. The molecular formula is C14H29N. The van der Waals surface area contributed by atoms with Crippen LogP contribution in [0.3, 0.4) is 0 Å². The monoisotopic (exact) mass is 211 g/mol. The maximum Gasteiger partial charge on any atom is 0.00803 e. The first kappa shape index (κ1) is 13.0. The largest absolute Gasteiger partial charge is 0.327 e. The third kappa shape index (κ3) is 2.22. The summed E-state index contributed by atoms with van der Waals surface area (Å²) in [6.45, 7) is 14.0. The first-order valence-corrected chi connectivity index (χ1v) is 6.50. The smallest absolute Gasteiger partial charge is 0.00803 e. The fourth-order valence-electron chi connectivity index (χ4n) is 3.53. The molecule has 0 aromatic carbocycles. The first-order valence-electron chi connectivity index (χ1n) is 6.50. The molecule has 1 aliphatic rings. The molecule has 0 radical (unpaired) electrons. The van der Waals surface area contributed by atoms with Crippen molar-refractivity contribution in [2.24, 2.45) is 28.4 Å². The lowest BCUT2D eigenvalue weighted by molar-refractivity contribution is 0.373. The molecule has 1 aliphatic carbocycles. The van der Waals surface area contributed by atoms with Gasteiger partial charge < -0.3 is 5.73 Å². The molecule has 0 aromatic rings. The average Bonchev–Trinajstić information content (AvgIpc) is 2.42. The van der Waals surface area contributed by atoms with Crippen LogP contribution < -0.4 is 5.73 Å². The Bertz CT molecular complexity index is 203. The van der Waals surface area contributed by atoms with E-state index in [2.05, 4.69) is 41.5 Å². The van der Waals surface area contributed by atoms with E-state index in [4.69, 9.17) is 5.73 Å². The van der Waals surface area contributed by atoms with E-state index in [0.717, 1.165) is 5.92 Å². The molecule has 0 bridgehead atoms. The molecular weight excluding hydrogens is 182 g/mol. The molecule has 0 amide bonds. The summed E-state index contributed by atoms with van der Waals surface area (Å²) >= 11 is 0. The van der Waals surface area contributed by atoms with Crippen LogP contribution >= 0.6 is 0 Å². The summed E-state index contributed by atoms with van der Waals surface area (Å²) in [7, 11) is 0. The van der Waals surface area contributed by atoms with Gasteiger partial charge >= 0.3 is 0 Å². The van der Waals surface area contributed by atoms with Crippen molar-refractivity contribution in [2.45, 2.75) is 66.8 Å². The molecule has 2 atom stereocenters. The number of rotatable bonds is 5. The highest BCUT2D eigenvalue weighted by atomic mass is 14.8. The maximum atomic E-state index is 6.36. The van der Waals surface area contributed by atoms with Crippen molar-refractivity contribution >= 4 is 0 Å². The van der Waals surface area contributed by atoms with Crippen LogP contribution in [0.1, 0.15) is 60.8 Å². The van der Waals surface area contributed by atoms with Crippen LogP contribution in [0, 0.1) is 22.7 Å². The van der Waals surface area contributed by atoms with E-state index < -0.39 is 0 Å². The maximum absolute atomic E-state index is 6.36. The van der Waals surface area contributed by atoms with Crippen molar-refractivity contribution in [3.05, 3.63) is 0 Å². The molecule has 2 unspecified atom stereocenters. The Hall–Kier alpha value is -0.0400. The van der Waals surface area contributed by atoms with Crippen LogP contribution in [-0.2, 0) is 0 Å². The lowest BCUT2D eigenvalue weighted by atomic mass is 9.92. The Morgan fingerprint density at radius 1 is 1.13 bits per heavy atom. The molecule has 1 nitrogen and oxygen atoms in total. The van der Waals surface area contributed by atoms with Gasteiger partial charge in [0.1, 0.15) is 0 Å². The summed E-state index contributed by atoms with van der Waals surface area (Å²) in [6, 6.07) is 0.400. The molecule has 15 heavy (non-hydrogen) atoms. The van der Waals surface area contributed by atoms with Gasteiger partial charge in [-0.05, 0) is 29.1 Å². The number of hydrogen-bond acceptors (Lipinski definition) is 1. The SMILES string of the molecule is CCCC(C)CC(N)C1C(C)(C)C1(C)C. The Kier molecular flexibility index (Phi) is 3.55. The zero-order valence-electron chi connectivity index (χ0n) is 11.4. The van der Waals surface area contributed by atoms with Crippen molar-refractivity contribution < 1.29 is 0 Å². The Labute approximate surface area is 95.8 Å². The predicted octanol–water partition coefficient (Wildman–Crippen LogP) is 3.82. The van der Waals surface area contributed by atoms with Crippen LogP contribution in [0.2, 0.25) is 0 Å². The number of hydrogen-bond donors (Lipinski definition) is 1. The first-order chi connectivity index (χ1) is 6.75. The van der Waals surface area contributed by atoms with Crippen LogP contribution in [0.25, 0.3) is 0 Å². The van der Waals surface area contributed by atoms with Gasteiger partial charge in [-0.25, -0.2) is 0 Å². The van der Waals surface area contributed by atoms with Gasteiger partial charge in [-0.2, -0.15) is 0 Å². The summed E-state index contributed by atoms with van der Waals surface area (Å²) in [5, 5.41) is 0. The second-order valence-corrected chi connectivity index (χ2v) is 6.71. The van der Waals surface area contributed by atoms with Crippen molar-refractivity contribution in [2.75, 3.05) is 0 Å². The van der Waals surface area contributed by atoms with Crippen LogP contribution in [0.15, 0.2) is 0 Å². The third-order valence-corrected chi connectivity index (χ3v) is 5.02. The van der Waals surface area contributed by atoms with Gasteiger partial charge in [0.25, 0.3) is 0 Å². The van der Waals surface area contributed by atoms with E-state index in [1.54, 1.807) is 0 Å². The van der Waals surface area contributed by atoms with Gasteiger partial charge in [0, 0.05) is 6.04 Å². The van der Waals surface area contributed by atoms with Crippen molar-refractivity contribution in [3.63, 3.8) is 0 Å². The summed E-state index contributed by atoms with van der Waals surface area (Å²) in [5.74, 6) is 1.50. The fourth-order valence-corrected chi connectivity index (χ4v) is 3.53. The van der Waals surface area contributed by atoms with E-state index in [-0.39, 0.29) is 0 Å². The van der Waals surface area contributed by atoms with Crippen molar-refractivity contribution in [1.82, 2.24) is 0 Å². The van der Waals surface area contributed by atoms with Gasteiger partial charge in [-0.3, -0.25) is 0 Å². The predicted molar refractivity (Wildman–Crippen MR) is 67.7 cm³/mol. The van der Waals surface area contributed by atoms with Crippen molar-refractivity contribution in [3.8, 4) is 0 Å². The molecule has 1 rings (SSSR count). The standard InChI is InChI=1S/C14H29N/c1-7-8-10(2)9-11(15)12-13(3,4)14(12,5)6/h10-12H,7-9,15H2,1-6H3. The highest BCUT2D eigenvalue weighted by Gasteiger charge is 2.66. The van der Waals surface area contributed by atoms with Crippen LogP contribution in [0.4, 0.5) is 0 Å². The van der Waals surface area contributed by atoms with Gasteiger partial charge in [0.15, 0.2) is 0 Å². The quantitative estimate of drug-likeness (QED) is 0.735. The van der Waals surface area contributed by atoms with Gasteiger partial charge in [0.05, 0.1) is 0 Å². The molecule has 1 saturated carbocycles. The minimum Gasteiger partial charge on any atom is -0.327 e. The summed E-state index contributed by atoms with van der Waals surface area (Å²) in [5.41, 5.74) is 7.25. The third-order valence-electron chi connectivity index (χ3n) is 5.02. The molecule has 0 aromatic heterocycles. The van der Waals surface area contributed by atoms with E-state index in [1.165, 1.54) is 19.3 Å². The van der Waals surface area contributed by atoms with Gasteiger partial charge in [-0.15, -0.1) is 0 Å². The van der Waals surface area contributed by atoms with E-state index in [0.29, 0.717) is 22.8 Å². The minimum atomic E-state index is 0.400. The summed E-state index contributed by atoms with van der Waals surface area (Å²) in [4.78, 5) is 0. The molecule has 90 valence electrons. The highest BCUT2D eigenvalue weighted by molar-refractivity contribution is 5.15. The van der Waals surface area contributed by atoms with Crippen LogP contribution in [0.5, 0.6) is 0 Å². The molecule has 2 N–H and O–H groups in total. The Balaban J connectivity index is 2.47. The molecule has 0 aliphatic heterocycles. The summed E-state index contributed by atoms with van der Waals surface area (Å²) < 4.78 is 0. The molecule has 0 spiro atoms. The van der Waals surface area contributed by atoms with Gasteiger partial charge in [0.2, 0.25) is 0 Å². The van der Waals surface area contributed by atoms with Crippen LogP contribution in [-0.4, -0.2) is 6.04 Å². The fraction of sp³-hybridized carbons (Fsp3) is 1.00. The molecule has 1 fully saturated rings. The van der Waals surface area contributed by atoms with E-state index >= 15 is 0 Å². The molecule has 0 heterocycles. The lowest BCUT2D eigenvalue weighted by Crippen LogP contribution is -2.28. The molecule has 0 saturated heterocycles. The molecule has 1 heteroatoms. The van der Waals surface area contributed by atoms with Crippen molar-refractivity contribution in [1.29, 1.82) is 0 Å². The zero-order chi connectivity index (χ0) is 11.9. The normalized spacial score (nSPS) is 27.4. The second kappa shape index (κ2) is 4.08. The van der Waals surface area contributed by atoms with E-state index in [9.17, 15) is 0 Å². The topological polar surface area (TPSA) is 26.0 Å². The average molecular weight is 211 g/mol. The highest BCUT2D eigenvalue weighted by Crippen LogP contribution is 2.69. The van der Waals surface area contributed by atoms with Gasteiger partial charge in [-0.1, -0.05) is 54.4 Å². The Morgan fingerprint density at radius 2 is 1.60 bits per heavy atom. The second-order valence-electron chi connectivity index (χ2n) is 6.71. The lowest BCUT2D eigenvalue weighted by Gasteiger charge is -2.18. The van der Waals surface area contributed by atoms with E-state index in [1.807, 2.05) is 0 Å².